The van der Waals surface area contributed by atoms with Crippen LogP contribution in [-0.2, 0) is 17.8 Å². The van der Waals surface area contributed by atoms with Crippen molar-refractivity contribution in [2.24, 2.45) is 0 Å². The van der Waals surface area contributed by atoms with Gasteiger partial charge in [-0.3, -0.25) is 4.79 Å². The van der Waals surface area contributed by atoms with Gasteiger partial charge in [0.05, 0.1) is 6.61 Å². The molecule has 120 valence electrons. The number of anilines is 1. The van der Waals surface area contributed by atoms with Crippen LogP contribution in [0.1, 0.15) is 18.1 Å². The predicted molar refractivity (Wildman–Crippen MR) is 90.0 cm³/mol. The molecule has 1 aliphatic rings. The Morgan fingerprint density at radius 1 is 1.35 bits per heavy atom. The van der Waals surface area contributed by atoms with Crippen LogP contribution in [0.4, 0.5) is 5.69 Å². The van der Waals surface area contributed by atoms with Crippen LogP contribution in [0.5, 0.6) is 5.75 Å². The third-order valence-electron chi connectivity index (χ3n) is 3.95. The lowest BCUT2D eigenvalue weighted by Gasteiger charge is -2.22. The summed E-state index contributed by atoms with van der Waals surface area (Å²) in [7, 11) is 0. The van der Waals surface area contributed by atoms with E-state index < -0.39 is 6.10 Å². The second-order valence-corrected chi connectivity index (χ2v) is 6.01. The standard InChI is InChI=1S/C18H18ClNO3/c1-12(23-16-4-2-3-13(9-16)11-21)18(22)20-8-7-14-5-6-15(19)10-17(14)20/h2-6,9-10,12,21H,7-8,11H2,1H3. The molecule has 1 N–H and O–H groups in total. The number of carbonyl (C=O) groups is 1. The Kier molecular flexibility index (Phi) is 4.55. The first kappa shape index (κ1) is 15.8. The quantitative estimate of drug-likeness (QED) is 0.936. The predicted octanol–water partition coefficient (Wildman–Crippen LogP) is 3.19. The van der Waals surface area contributed by atoms with Gasteiger partial charge in [-0.05, 0) is 48.7 Å². The van der Waals surface area contributed by atoms with Crippen LogP contribution in [0, 0.1) is 0 Å². The summed E-state index contributed by atoms with van der Waals surface area (Å²) in [5.74, 6) is 0.475. The number of aliphatic hydroxyl groups is 1. The molecule has 1 heterocycles. The van der Waals surface area contributed by atoms with Crippen LogP contribution in [0.25, 0.3) is 0 Å². The van der Waals surface area contributed by atoms with Crippen molar-refractivity contribution < 1.29 is 14.6 Å². The Hall–Kier alpha value is -2.04. The lowest BCUT2D eigenvalue weighted by molar-refractivity contribution is -0.124. The Morgan fingerprint density at radius 3 is 2.96 bits per heavy atom. The average Bonchev–Trinajstić information content (AvgIpc) is 2.97. The van der Waals surface area contributed by atoms with Gasteiger partial charge in [-0.1, -0.05) is 29.8 Å². The molecule has 1 atom stereocenters. The van der Waals surface area contributed by atoms with Crippen molar-refractivity contribution in [3.63, 3.8) is 0 Å². The fourth-order valence-corrected chi connectivity index (χ4v) is 2.94. The molecular weight excluding hydrogens is 314 g/mol. The van der Waals surface area contributed by atoms with E-state index in [-0.39, 0.29) is 12.5 Å². The average molecular weight is 332 g/mol. The first-order valence-corrected chi connectivity index (χ1v) is 7.92. The minimum atomic E-state index is -0.617. The summed E-state index contributed by atoms with van der Waals surface area (Å²) in [6.45, 7) is 2.31. The van der Waals surface area contributed by atoms with E-state index in [1.165, 1.54) is 0 Å². The molecule has 2 aromatic rings. The van der Waals surface area contributed by atoms with Crippen LogP contribution >= 0.6 is 11.6 Å². The molecule has 0 fully saturated rings. The minimum Gasteiger partial charge on any atom is -0.481 e. The maximum Gasteiger partial charge on any atom is 0.267 e. The number of halogens is 1. The van der Waals surface area contributed by atoms with E-state index in [1.54, 1.807) is 36.1 Å². The second-order valence-electron chi connectivity index (χ2n) is 5.58. The summed E-state index contributed by atoms with van der Waals surface area (Å²) in [4.78, 5) is 14.4. The maximum absolute atomic E-state index is 12.7. The topological polar surface area (TPSA) is 49.8 Å². The van der Waals surface area contributed by atoms with Gasteiger partial charge in [-0.15, -0.1) is 0 Å². The van der Waals surface area contributed by atoms with E-state index in [0.29, 0.717) is 17.3 Å². The first-order chi connectivity index (χ1) is 11.1. The number of fused-ring (bicyclic) bond motifs is 1. The van der Waals surface area contributed by atoms with Crippen LogP contribution in [0.3, 0.4) is 0 Å². The van der Waals surface area contributed by atoms with Gasteiger partial charge < -0.3 is 14.7 Å². The summed E-state index contributed by atoms with van der Waals surface area (Å²) in [6, 6.07) is 12.7. The molecule has 4 nitrogen and oxygen atoms in total. The molecule has 3 rings (SSSR count). The molecule has 0 radical (unpaired) electrons. The van der Waals surface area contributed by atoms with Crippen molar-refractivity contribution in [3.05, 3.63) is 58.6 Å². The fraction of sp³-hybridized carbons (Fsp3) is 0.278. The zero-order valence-corrected chi connectivity index (χ0v) is 13.6. The molecule has 0 bridgehead atoms. The minimum absolute atomic E-state index is 0.0580. The summed E-state index contributed by atoms with van der Waals surface area (Å²) in [6.07, 6.45) is 0.208. The van der Waals surface area contributed by atoms with E-state index >= 15 is 0 Å². The summed E-state index contributed by atoms with van der Waals surface area (Å²) >= 11 is 6.04. The largest absolute Gasteiger partial charge is 0.481 e. The SMILES string of the molecule is CC(Oc1cccc(CO)c1)C(=O)N1CCc2ccc(Cl)cc21. The van der Waals surface area contributed by atoms with Crippen molar-refractivity contribution in [2.45, 2.75) is 26.1 Å². The van der Waals surface area contributed by atoms with Gasteiger partial charge in [-0.25, -0.2) is 0 Å². The molecule has 0 spiro atoms. The van der Waals surface area contributed by atoms with Gasteiger partial charge in [0.1, 0.15) is 5.75 Å². The van der Waals surface area contributed by atoms with Crippen molar-refractivity contribution in [1.29, 1.82) is 0 Å². The monoisotopic (exact) mass is 331 g/mol. The molecule has 1 amide bonds. The van der Waals surface area contributed by atoms with Crippen LogP contribution < -0.4 is 9.64 Å². The number of carbonyl (C=O) groups excluding carboxylic acids is 1. The van der Waals surface area contributed by atoms with E-state index in [1.807, 2.05) is 18.2 Å². The molecule has 2 aromatic carbocycles. The summed E-state index contributed by atoms with van der Waals surface area (Å²) in [5, 5.41) is 9.79. The Balaban J connectivity index is 1.75. The van der Waals surface area contributed by atoms with Crippen LogP contribution in [-0.4, -0.2) is 23.7 Å². The van der Waals surface area contributed by atoms with E-state index in [2.05, 4.69) is 0 Å². The van der Waals surface area contributed by atoms with Crippen molar-refractivity contribution >= 4 is 23.2 Å². The highest BCUT2D eigenvalue weighted by atomic mass is 35.5. The molecule has 5 heteroatoms. The van der Waals surface area contributed by atoms with E-state index in [9.17, 15) is 4.79 Å². The number of hydrogen-bond donors (Lipinski definition) is 1. The van der Waals surface area contributed by atoms with Crippen molar-refractivity contribution in [1.82, 2.24) is 0 Å². The van der Waals surface area contributed by atoms with Crippen LogP contribution in [0.15, 0.2) is 42.5 Å². The third-order valence-corrected chi connectivity index (χ3v) is 4.19. The number of aliphatic hydroxyl groups excluding tert-OH is 1. The van der Waals surface area contributed by atoms with Gasteiger partial charge in [0, 0.05) is 17.3 Å². The first-order valence-electron chi connectivity index (χ1n) is 7.55. The molecule has 1 aliphatic heterocycles. The lowest BCUT2D eigenvalue weighted by Crippen LogP contribution is -2.39. The van der Waals surface area contributed by atoms with Crippen molar-refractivity contribution in [3.8, 4) is 5.75 Å². The molecular formula is C18H18ClNO3. The number of rotatable bonds is 4. The van der Waals surface area contributed by atoms with Crippen LogP contribution in [0.2, 0.25) is 5.02 Å². The number of nitrogens with zero attached hydrogens (tertiary/aromatic N) is 1. The van der Waals surface area contributed by atoms with Crippen molar-refractivity contribution in [2.75, 3.05) is 11.4 Å². The molecule has 0 saturated heterocycles. The lowest BCUT2D eigenvalue weighted by atomic mass is 10.2. The zero-order valence-electron chi connectivity index (χ0n) is 12.8. The maximum atomic E-state index is 12.7. The highest BCUT2D eigenvalue weighted by Crippen LogP contribution is 2.31. The molecule has 0 aromatic heterocycles. The third kappa shape index (κ3) is 3.33. The Labute approximate surface area is 140 Å². The fourth-order valence-electron chi connectivity index (χ4n) is 2.77. The normalized spacial score (nSPS) is 14.5. The molecule has 0 saturated carbocycles. The smallest absolute Gasteiger partial charge is 0.267 e. The zero-order chi connectivity index (χ0) is 16.4. The Bertz CT molecular complexity index is 732. The summed E-state index contributed by atoms with van der Waals surface area (Å²) in [5.41, 5.74) is 2.74. The number of hydrogen-bond acceptors (Lipinski definition) is 3. The molecule has 23 heavy (non-hydrogen) atoms. The Morgan fingerprint density at radius 2 is 2.17 bits per heavy atom. The highest BCUT2D eigenvalue weighted by molar-refractivity contribution is 6.31. The highest BCUT2D eigenvalue weighted by Gasteiger charge is 2.29. The molecule has 0 aliphatic carbocycles. The van der Waals surface area contributed by atoms with E-state index in [4.69, 9.17) is 21.4 Å². The van der Waals surface area contributed by atoms with Gasteiger partial charge >= 0.3 is 0 Å². The second kappa shape index (κ2) is 6.60. The number of amides is 1. The summed E-state index contributed by atoms with van der Waals surface area (Å²) < 4.78 is 5.74. The van der Waals surface area contributed by atoms with Gasteiger partial charge in [-0.2, -0.15) is 0 Å². The molecule has 1 unspecified atom stereocenters. The van der Waals surface area contributed by atoms with Gasteiger partial charge in [0.25, 0.3) is 5.91 Å². The number of ether oxygens (including phenoxy) is 1. The van der Waals surface area contributed by atoms with E-state index in [0.717, 1.165) is 23.2 Å². The van der Waals surface area contributed by atoms with Gasteiger partial charge in [0.2, 0.25) is 0 Å². The van der Waals surface area contributed by atoms with Gasteiger partial charge in [0.15, 0.2) is 6.10 Å². The number of benzene rings is 2.